The van der Waals surface area contributed by atoms with Gasteiger partial charge < -0.3 is 4.57 Å². The summed E-state index contributed by atoms with van der Waals surface area (Å²) in [6, 6.07) is 13.6. The van der Waals surface area contributed by atoms with Crippen molar-refractivity contribution in [3.63, 3.8) is 0 Å². The van der Waals surface area contributed by atoms with Crippen molar-refractivity contribution in [3.05, 3.63) is 80.0 Å². The zero-order chi connectivity index (χ0) is 19.7. The summed E-state index contributed by atoms with van der Waals surface area (Å²) in [4.78, 5) is 33.3. The lowest BCUT2D eigenvalue weighted by molar-refractivity contribution is -0.394. The van der Waals surface area contributed by atoms with E-state index in [1.165, 1.54) is 0 Å². The number of hydrogen-bond donors (Lipinski definition) is 0. The van der Waals surface area contributed by atoms with Gasteiger partial charge in [-0.15, -0.1) is 0 Å². The number of rotatable bonds is 5. The number of aryl methyl sites for hydroxylation is 1. The van der Waals surface area contributed by atoms with Gasteiger partial charge in [0.05, 0.1) is 22.0 Å². The molecule has 0 fully saturated rings. The smallest absolute Gasteiger partial charge is 0.277 e. The topological polar surface area (TPSA) is 132 Å². The predicted octanol–water partition coefficient (Wildman–Crippen LogP) is 3.48. The molecule has 3 aromatic rings. The van der Waals surface area contributed by atoms with Gasteiger partial charge in [0.1, 0.15) is 5.92 Å². The van der Waals surface area contributed by atoms with E-state index in [4.69, 9.17) is 0 Å². The fraction of sp³-hybridized carbons (Fsp3) is 0.111. The number of nitro groups is 2. The van der Waals surface area contributed by atoms with Gasteiger partial charge >= 0.3 is 0 Å². The zero-order valence-electron chi connectivity index (χ0n) is 14.0. The van der Waals surface area contributed by atoms with Crippen molar-refractivity contribution in [2.24, 2.45) is 7.05 Å². The molecular formula is C18H12N4O5. The molecule has 1 aromatic heterocycles. The van der Waals surface area contributed by atoms with Crippen LogP contribution >= 0.6 is 0 Å². The van der Waals surface area contributed by atoms with E-state index in [0.29, 0.717) is 5.69 Å². The van der Waals surface area contributed by atoms with Gasteiger partial charge in [-0.3, -0.25) is 25.0 Å². The minimum atomic E-state index is -1.26. The number of nitriles is 1. The van der Waals surface area contributed by atoms with Gasteiger partial charge in [0.15, 0.2) is 5.78 Å². The largest absolute Gasteiger partial charge is 0.346 e. The van der Waals surface area contributed by atoms with Crippen LogP contribution in [0.25, 0.3) is 10.9 Å². The quantitative estimate of drug-likeness (QED) is 0.387. The van der Waals surface area contributed by atoms with E-state index in [-0.39, 0.29) is 5.56 Å². The molecule has 3 rings (SSSR count). The lowest BCUT2D eigenvalue weighted by Gasteiger charge is -2.10. The molecule has 9 heteroatoms. The standard InChI is InChI=1S/C18H12N4O5/c1-20-16-5-3-2-4-11(16)8-17(20)15(10-19)18(23)12-6-13(21(24)25)9-14(7-12)22(26)27/h2-9,15H,1H3. The summed E-state index contributed by atoms with van der Waals surface area (Å²) in [6.45, 7) is 0. The molecule has 0 spiro atoms. The van der Waals surface area contributed by atoms with E-state index in [1.807, 2.05) is 30.3 Å². The molecule has 1 atom stereocenters. The minimum Gasteiger partial charge on any atom is -0.346 e. The summed E-state index contributed by atoms with van der Waals surface area (Å²) in [5.74, 6) is -2.00. The number of para-hydroxylation sites is 1. The number of non-ortho nitro benzene ring substituents is 2. The Morgan fingerprint density at radius 1 is 1.07 bits per heavy atom. The van der Waals surface area contributed by atoms with Crippen LogP contribution in [-0.4, -0.2) is 20.2 Å². The van der Waals surface area contributed by atoms with Crippen LogP contribution in [-0.2, 0) is 7.05 Å². The highest BCUT2D eigenvalue weighted by Gasteiger charge is 2.28. The van der Waals surface area contributed by atoms with Crippen molar-refractivity contribution in [1.82, 2.24) is 4.57 Å². The molecular weight excluding hydrogens is 352 g/mol. The molecule has 0 saturated carbocycles. The second-order valence-electron chi connectivity index (χ2n) is 5.87. The number of benzene rings is 2. The highest BCUT2D eigenvalue weighted by molar-refractivity contribution is 6.04. The van der Waals surface area contributed by atoms with Gasteiger partial charge in [-0.05, 0) is 17.5 Å². The number of carbonyl (C=O) groups is 1. The molecule has 134 valence electrons. The number of nitro benzene ring substituents is 2. The Hall–Kier alpha value is -4.06. The molecule has 0 bridgehead atoms. The first-order chi connectivity index (χ1) is 12.8. The van der Waals surface area contributed by atoms with Gasteiger partial charge in [-0.2, -0.15) is 5.26 Å². The fourth-order valence-electron chi connectivity index (χ4n) is 2.96. The Bertz CT molecular complexity index is 1110. The van der Waals surface area contributed by atoms with Crippen LogP contribution in [0.4, 0.5) is 11.4 Å². The van der Waals surface area contributed by atoms with E-state index < -0.39 is 32.9 Å². The number of ketones is 1. The zero-order valence-corrected chi connectivity index (χ0v) is 14.0. The first-order valence-electron chi connectivity index (χ1n) is 7.75. The Balaban J connectivity index is 2.12. The van der Waals surface area contributed by atoms with Crippen molar-refractivity contribution in [2.45, 2.75) is 5.92 Å². The van der Waals surface area contributed by atoms with Crippen LogP contribution in [0.5, 0.6) is 0 Å². The van der Waals surface area contributed by atoms with Crippen LogP contribution in [0.3, 0.4) is 0 Å². The summed E-state index contributed by atoms with van der Waals surface area (Å²) >= 11 is 0. The summed E-state index contributed by atoms with van der Waals surface area (Å²) in [5.41, 5.74) is -0.210. The molecule has 0 N–H and O–H groups in total. The van der Waals surface area contributed by atoms with E-state index in [9.17, 15) is 30.3 Å². The molecule has 0 radical (unpaired) electrons. The van der Waals surface area contributed by atoms with E-state index >= 15 is 0 Å². The maximum absolute atomic E-state index is 12.9. The Labute approximate surface area is 152 Å². The van der Waals surface area contributed by atoms with Crippen LogP contribution in [0.2, 0.25) is 0 Å². The number of fused-ring (bicyclic) bond motifs is 1. The molecule has 0 aliphatic rings. The summed E-state index contributed by atoms with van der Waals surface area (Å²) < 4.78 is 1.69. The number of nitrogens with zero attached hydrogens (tertiary/aromatic N) is 4. The van der Waals surface area contributed by atoms with Gasteiger partial charge in [0, 0.05) is 36.0 Å². The number of aromatic nitrogens is 1. The maximum Gasteiger partial charge on any atom is 0.277 e. The molecule has 2 aromatic carbocycles. The van der Waals surface area contributed by atoms with E-state index in [0.717, 1.165) is 29.1 Å². The van der Waals surface area contributed by atoms with Gasteiger partial charge in [-0.1, -0.05) is 18.2 Å². The van der Waals surface area contributed by atoms with Crippen molar-refractivity contribution in [1.29, 1.82) is 5.26 Å². The average molecular weight is 364 g/mol. The van der Waals surface area contributed by atoms with Crippen LogP contribution in [0.15, 0.2) is 48.5 Å². The lowest BCUT2D eigenvalue weighted by Crippen LogP contribution is -2.15. The molecule has 1 heterocycles. The normalized spacial score (nSPS) is 11.7. The molecule has 9 nitrogen and oxygen atoms in total. The second kappa shape index (κ2) is 6.68. The third-order valence-corrected chi connectivity index (χ3v) is 4.28. The van der Waals surface area contributed by atoms with Crippen molar-refractivity contribution in [2.75, 3.05) is 0 Å². The van der Waals surface area contributed by atoms with Crippen molar-refractivity contribution >= 4 is 28.1 Å². The monoisotopic (exact) mass is 364 g/mol. The first kappa shape index (κ1) is 17.8. The third kappa shape index (κ3) is 3.11. The molecule has 27 heavy (non-hydrogen) atoms. The molecule has 0 saturated heterocycles. The van der Waals surface area contributed by atoms with Crippen molar-refractivity contribution < 1.29 is 14.6 Å². The molecule has 0 amide bonds. The first-order valence-corrected chi connectivity index (χ1v) is 7.75. The number of hydrogen-bond acceptors (Lipinski definition) is 6. The van der Waals surface area contributed by atoms with E-state index in [1.54, 1.807) is 17.7 Å². The summed E-state index contributed by atoms with van der Waals surface area (Å²) in [6.07, 6.45) is 0. The Morgan fingerprint density at radius 2 is 1.67 bits per heavy atom. The highest BCUT2D eigenvalue weighted by Crippen LogP contribution is 2.30. The molecule has 1 unspecified atom stereocenters. The predicted molar refractivity (Wildman–Crippen MR) is 95.4 cm³/mol. The SMILES string of the molecule is Cn1c(C(C#N)C(=O)c2cc([N+](=O)[O-])cc([N+](=O)[O-])c2)cc2ccccc21. The maximum atomic E-state index is 12.9. The second-order valence-corrected chi connectivity index (χ2v) is 5.87. The van der Waals surface area contributed by atoms with Crippen molar-refractivity contribution in [3.8, 4) is 6.07 Å². The Kier molecular flexibility index (Phi) is 4.39. The number of Topliss-reactive ketones (excluding diaryl/α,β-unsaturated/α-hetero) is 1. The van der Waals surface area contributed by atoms with Crippen LogP contribution in [0.1, 0.15) is 22.0 Å². The highest BCUT2D eigenvalue weighted by atomic mass is 16.6. The van der Waals surface area contributed by atoms with Gasteiger partial charge in [-0.25, -0.2) is 0 Å². The lowest BCUT2D eigenvalue weighted by atomic mass is 9.95. The fourth-order valence-corrected chi connectivity index (χ4v) is 2.96. The van der Waals surface area contributed by atoms with Gasteiger partial charge in [0.25, 0.3) is 11.4 Å². The molecule has 0 aliphatic heterocycles. The molecule has 0 aliphatic carbocycles. The average Bonchev–Trinajstić information content (AvgIpc) is 2.98. The Morgan fingerprint density at radius 3 is 2.19 bits per heavy atom. The van der Waals surface area contributed by atoms with Crippen LogP contribution in [0, 0.1) is 31.6 Å². The summed E-state index contributed by atoms with van der Waals surface area (Å²) in [5, 5.41) is 32.5. The number of carbonyl (C=O) groups excluding carboxylic acids is 1. The third-order valence-electron chi connectivity index (χ3n) is 4.28. The van der Waals surface area contributed by atoms with Crippen LogP contribution < -0.4 is 0 Å². The van der Waals surface area contributed by atoms with E-state index in [2.05, 4.69) is 0 Å². The minimum absolute atomic E-state index is 0.257. The van der Waals surface area contributed by atoms with Gasteiger partial charge in [0.2, 0.25) is 0 Å². The summed E-state index contributed by atoms with van der Waals surface area (Å²) in [7, 11) is 1.70.